The third kappa shape index (κ3) is 7.97. The van der Waals surface area contributed by atoms with Gasteiger partial charge in [0.1, 0.15) is 0 Å². The van der Waals surface area contributed by atoms with E-state index in [-0.39, 0.29) is 0 Å². The highest BCUT2D eigenvalue weighted by molar-refractivity contribution is 8.18. The van der Waals surface area contributed by atoms with Crippen LogP contribution in [0.1, 0.15) is 0 Å². The van der Waals surface area contributed by atoms with E-state index < -0.39 is 31.0 Å². The van der Waals surface area contributed by atoms with Crippen molar-refractivity contribution < 1.29 is 33.0 Å². The Balaban J connectivity index is 4.86. The molecule has 0 rings (SSSR count). The predicted octanol–water partition coefficient (Wildman–Crippen LogP) is -0.593. The summed E-state index contributed by atoms with van der Waals surface area (Å²) in [4.78, 5) is 0. The first-order chi connectivity index (χ1) is 5.41. The van der Waals surface area contributed by atoms with E-state index in [2.05, 4.69) is 0 Å². The first kappa shape index (κ1) is 12.6. The molecule has 0 amide bonds. The zero-order valence-electron chi connectivity index (χ0n) is 5.32. The van der Waals surface area contributed by atoms with Gasteiger partial charge < -0.3 is 8.25 Å². The molecule has 0 saturated carbocycles. The number of halogens is 2. The molecule has 0 aromatic heterocycles. The van der Waals surface area contributed by atoms with E-state index >= 15 is 0 Å². The van der Waals surface area contributed by atoms with Gasteiger partial charge in [-0.25, -0.2) is 16.8 Å². The maximum atomic E-state index is 11.5. The Hall–Kier alpha value is -0.370. The molecule has 8 nitrogen and oxygen atoms in total. The minimum absolute atomic E-state index is 1.32. The normalized spacial score (nSPS) is 14.3. The summed E-state index contributed by atoms with van der Waals surface area (Å²) < 4.78 is 84.0. The molecule has 80 valence electrons. The van der Waals surface area contributed by atoms with Crippen molar-refractivity contribution in [2.75, 3.05) is 0 Å². The van der Waals surface area contributed by atoms with Gasteiger partial charge in [-0.2, -0.15) is 0 Å². The summed E-state index contributed by atoms with van der Waals surface area (Å²) in [5.74, 6) is 0. The standard InChI is InChI=1S/F2N2O6S3/c1-11(5,6)3-13(9,10)4-12(2,7)8/q-2. The summed E-state index contributed by atoms with van der Waals surface area (Å²) in [6.45, 7) is 0. The van der Waals surface area contributed by atoms with Gasteiger partial charge in [-0.1, -0.05) is 0 Å². The van der Waals surface area contributed by atoms with Crippen LogP contribution in [-0.4, -0.2) is 25.3 Å². The topological polar surface area (TPSA) is 131 Å². The maximum Gasteiger partial charge on any atom is 0.238 e. The van der Waals surface area contributed by atoms with E-state index in [9.17, 15) is 33.0 Å². The quantitative estimate of drug-likeness (QED) is 0.619. The average Bonchev–Trinajstić information content (AvgIpc) is 1.43. The van der Waals surface area contributed by atoms with E-state index in [1.165, 1.54) is 8.25 Å². The fourth-order valence-corrected chi connectivity index (χ4v) is 2.39. The Morgan fingerprint density at radius 1 is 0.692 bits per heavy atom. The van der Waals surface area contributed by atoms with Crippen LogP contribution >= 0.6 is 0 Å². The van der Waals surface area contributed by atoms with E-state index in [0.717, 1.165) is 0 Å². The summed E-state index contributed by atoms with van der Waals surface area (Å²) in [5, 5.41) is 0. The lowest BCUT2D eigenvalue weighted by Crippen LogP contribution is -2.04. The van der Waals surface area contributed by atoms with Crippen LogP contribution in [0.2, 0.25) is 0 Å². The largest absolute Gasteiger partial charge is 0.424 e. The number of hydrogen-bond donors (Lipinski definition) is 0. The van der Waals surface area contributed by atoms with Crippen LogP contribution in [0.3, 0.4) is 0 Å². The molecule has 0 aliphatic heterocycles. The molecular formula is F2N2O6S3-2. The van der Waals surface area contributed by atoms with Crippen LogP contribution in [0, 0.1) is 0 Å². The van der Waals surface area contributed by atoms with Crippen LogP contribution in [0.5, 0.6) is 0 Å². The summed E-state index contributed by atoms with van der Waals surface area (Å²) in [6.07, 6.45) is 0. The van der Waals surface area contributed by atoms with Crippen molar-refractivity contribution in [1.29, 1.82) is 0 Å². The monoisotopic (exact) mass is 258 g/mol. The SMILES string of the molecule is O=S(=O)(F)[N-]S(=O)(=O)[N-]S(=O)(=O)F. The Morgan fingerprint density at radius 2 is 0.923 bits per heavy atom. The van der Waals surface area contributed by atoms with Crippen LogP contribution in [-0.2, 0) is 31.0 Å². The van der Waals surface area contributed by atoms with Gasteiger partial charge in [0.2, 0.25) is 20.8 Å². The summed E-state index contributed by atoms with van der Waals surface area (Å²) >= 11 is 0. The molecule has 0 bridgehead atoms. The minimum Gasteiger partial charge on any atom is -0.424 e. The van der Waals surface area contributed by atoms with E-state index in [1.54, 1.807) is 0 Å². The highest BCUT2D eigenvalue weighted by Gasteiger charge is 2.02. The Labute approximate surface area is 72.8 Å². The smallest absolute Gasteiger partial charge is 0.238 e. The molecule has 0 saturated heterocycles. The van der Waals surface area contributed by atoms with Gasteiger partial charge in [-0.15, -0.1) is 7.77 Å². The molecule has 0 spiro atoms. The van der Waals surface area contributed by atoms with Crippen LogP contribution in [0.25, 0.3) is 8.25 Å². The summed E-state index contributed by atoms with van der Waals surface area (Å²) in [7, 11) is -17.3. The lowest BCUT2D eigenvalue weighted by molar-refractivity contribution is 0.560. The zero-order valence-corrected chi connectivity index (χ0v) is 7.77. The lowest BCUT2D eigenvalue weighted by Gasteiger charge is -2.23. The predicted molar refractivity (Wildman–Crippen MR) is 35.7 cm³/mol. The average molecular weight is 258 g/mol. The minimum atomic E-state index is -5.84. The Morgan fingerprint density at radius 3 is 1.08 bits per heavy atom. The van der Waals surface area contributed by atoms with Crippen molar-refractivity contribution in [3.8, 4) is 0 Å². The van der Waals surface area contributed by atoms with Gasteiger partial charge in [0.15, 0.2) is 0 Å². The van der Waals surface area contributed by atoms with Gasteiger partial charge in [-0.3, -0.25) is 8.42 Å². The second kappa shape index (κ2) is 3.41. The fraction of sp³-hybridized carbons (Fsp3) is 0. The molecule has 0 atom stereocenters. The number of nitrogens with zero attached hydrogens (tertiary/aromatic N) is 2. The molecular weight excluding hydrogens is 258 g/mol. The third-order valence-corrected chi connectivity index (χ3v) is 3.30. The van der Waals surface area contributed by atoms with Crippen LogP contribution < -0.4 is 0 Å². The second-order valence-corrected chi connectivity index (χ2v) is 5.16. The molecule has 0 fully saturated rings. The van der Waals surface area contributed by atoms with Crippen molar-refractivity contribution in [2.24, 2.45) is 0 Å². The fourth-order valence-electron chi connectivity index (χ4n) is 0.239. The van der Waals surface area contributed by atoms with Crippen LogP contribution in [0.4, 0.5) is 7.77 Å². The van der Waals surface area contributed by atoms with Crippen molar-refractivity contribution >= 4 is 31.0 Å². The highest BCUT2D eigenvalue weighted by Crippen LogP contribution is 2.21. The highest BCUT2D eigenvalue weighted by atomic mass is 32.3. The van der Waals surface area contributed by atoms with Crippen molar-refractivity contribution in [1.82, 2.24) is 0 Å². The van der Waals surface area contributed by atoms with Gasteiger partial charge >= 0.3 is 0 Å². The molecule has 13 heavy (non-hydrogen) atoms. The molecule has 13 heteroatoms. The zero-order chi connectivity index (χ0) is 10.9. The van der Waals surface area contributed by atoms with Gasteiger partial charge in [0, 0.05) is 10.2 Å². The molecule has 0 aliphatic rings. The first-order valence-corrected chi connectivity index (χ1v) is 6.12. The Kier molecular flexibility index (Phi) is 3.31. The third-order valence-electron chi connectivity index (χ3n) is 0.366. The van der Waals surface area contributed by atoms with E-state index in [0.29, 0.717) is 0 Å². The Bertz CT molecular complexity index is 428. The van der Waals surface area contributed by atoms with Gasteiger partial charge in [0.05, 0.1) is 0 Å². The van der Waals surface area contributed by atoms with Crippen molar-refractivity contribution in [2.45, 2.75) is 0 Å². The van der Waals surface area contributed by atoms with Crippen molar-refractivity contribution in [3.05, 3.63) is 8.25 Å². The summed E-state index contributed by atoms with van der Waals surface area (Å²) in [5.41, 5.74) is 0. The molecule has 0 heterocycles. The molecule has 0 aliphatic carbocycles. The first-order valence-electron chi connectivity index (χ1n) is 2.04. The molecule has 0 aromatic rings. The van der Waals surface area contributed by atoms with Crippen LogP contribution in [0.15, 0.2) is 0 Å². The van der Waals surface area contributed by atoms with Gasteiger partial charge in [-0.05, 0) is 0 Å². The molecule has 0 unspecified atom stereocenters. The van der Waals surface area contributed by atoms with Crippen molar-refractivity contribution in [3.63, 3.8) is 0 Å². The number of rotatable bonds is 4. The van der Waals surface area contributed by atoms with Gasteiger partial charge in [0.25, 0.3) is 0 Å². The van der Waals surface area contributed by atoms with E-state index in [4.69, 9.17) is 0 Å². The lowest BCUT2D eigenvalue weighted by atomic mass is 13.8. The maximum absolute atomic E-state index is 11.5. The second-order valence-electron chi connectivity index (χ2n) is 1.42. The number of hydrogen-bond acceptors (Lipinski definition) is 6. The van der Waals surface area contributed by atoms with E-state index in [1.807, 2.05) is 0 Å². The molecule has 0 radical (unpaired) electrons. The summed E-state index contributed by atoms with van der Waals surface area (Å²) in [6, 6.07) is 0. The molecule has 0 N–H and O–H groups in total. The molecule has 0 aromatic carbocycles.